The van der Waals surface area contributed by atoms with Crippen molar-refractivity contribution in [3.05, 3.63) is 42.2 Å². The van der Waals surface area contributed by atoms with Crippen LogP contribution in [0.4, 0.5) is 0 Å². The van der Waals surface area contributed by atoms with Gasteiger partial charge in [-0.15, -0.1) is 0 Å². The predicted molar refractivity (Wildman–Crippen MR) is 70.1 cm³/mol. The van der Waals surface area contributed by atoms with Crippen molar-refractivity contribution in [3.8, 4) is 0 Å². The highest BCUT2D eigenvalue weighted by Gasteiger charge is 2.39. The first-order valence-electron chi connectivity index (χ1n) is 6.44. The molecule has 0 radical (unpaired) electrons. The van der Waals surface area contributed by atoms with Crippen molar-refractivity contribution >= 4 is 10.8 Å². The second kappa shape index (κ2) is 4.34. The number of aromatic nitrogens is 1. The molecule has 0 aliphatic heterocycles. The Labute approximate surface area is 106 Å². The van der Waals surface area contributed by atoms with Crippen LogP contribution in [0.3, 0.4) is 0 Å². The molecule has 0 spiro atoms. The molecule has 1 atom stereocenters. The van der Waals surface area contributed by atoms with E-state index >= 15 is 0 Å². The molecular formula is C15H17NO2. The highest BCUT2D eigenvalue weighted by molar-refractivity contribution is 5.85. The SMILES string of the molecule is OC(c1cccc2ccncc12)C1(O)CCCC1. The summed E-state index contributed by atoms with van der Waals surface area (Å²) >= 11 is 0. The number of rotatable bonds is 2. The number of fused-ring (bicyclic) bond motifs is 1. The number of hydrogen-bond donors (Lipinski definition) is 2. The molecule has 1 aromatic heterocycles. The zero-order valence-electron chi connectivity index (χ0n) is 10.2. The van der Waals surface area contributed by atoms with Gasteiger partial charge in [0.05, 0.1) is 5.60 Å². The van der Waals surface area contributed by atoms with E-state index in [1.807, 2.05) is 24.3 Å². The van der Waals surface area contributed by atoms with Gasteiger partial charge in [-0.1, -0.05) is 31.0 Å². The van der Waals surface area contributed by atoms with E-state index in [4.69, 9.17) is 0 Å². The maximum absolute atomic E-state index is 10.5. The Morgan fingerprint density at radius 1 is 1.17 bits per heavy atom. The average molecular weight is 243 g/mol. The molecule has 18 heavy (non-hydrogen) atoms. The van der Waals surface area contributed by atoms with Crippen molar-refractivity contribution < 1.29 is 10.2 Å². The van der Waals surface area contributed by atoms with Gasteiger partial charge >= 0.3 is 0 Å². The van der Waals surface area contributed by atoms with Gasteiger partial charge in [0.1, 0.15) is 6.10 Å². The number of hydrogen-bond acceptors (Lipinski definition) is 3. The molecule has 94 valence electrons. The quantitative estimate of drug-likeness (QED) is 0.852. The zero-order chi connectivity index (χ0) is 12.6. The Morgan fingerprint density at radius 2 is 1.94 bits per heavy atom. The lowest BCUT2D eigenvalue weighted by molar-refractivity contribution is -0.0712. The number of nitrogens with zero attached hydrogens (tertiary/aromatic N) is 1. The van der Waals surface area contributed by atoms with Gasteiger partial charge in [-0.05, 0) is 29.9 Å². The summed E-state index contributed by atoms with van der Waals surface area (Å²) in [6.45, 7) is 0. The Hall–Kier alpha value is -1.45. The minimum atomic E-state index is -0.968. The largest absolute Gasteiger partial charge is 0.387 e. The van der Waals surface area contributed by atoms with Gasteiger partial charge in [-0.25, -0.2) is 0 Å². The molecule has 1 aliphatic carbocycles. The lowest BCUT2D eigenvalue weighted by Crippen LogP contribution is -2.33. The van der Waals surface area contributed by atoms with Crippen LogP contribution in [-0.4, -0.2) is 20.8 Å². The fourth-order valence-electron chi connectivity index (χ4n) is 2.93. The van der Waals surface area contributed by atoms with E-state index in [1.54, 1.807) is 12.4 Å². The van der Waals surface area contributed by atoms with E-state index in [1.165, 1.54) is 0 Å². The van der Waals surface area contributed by atoms with Crippen LogP contribution < -0.4 is 0 Å². The van der Waals surface area contributed by atoms with Gasteiger partial charge in [0, 0.05) is 17.8 Å². The maximum atomic E-state index is 10.5. The molecule has 1 fully saturated rings. The fourth-order valence-corrected chi connectivity index (χ4v) is 2.93. The first kappa shape index (κ1) is 11.6. The third-order valence-electron chi connectivity index (χ3n) is 3.99. The minimum Gasteiger partial charge on any atom is -0.387 e. The summed E-state index contributed by atoms with van der Waals surface area (Å²) in [5.41, 5.74) is -0.186. The normalized spacial score (nSPS) is 20.1. The van der Waals surface area contributed by atoms with Gasteiger partial charge < -0.3 is 10.2 Å². The molecule has 0 bridgehead atoms. The molecule has 2 N–H and O–H groups in total. The Morgan fingerprint density at radius 3 is 2.72 bits per heavy atom. The van der Waals surface area contributed by atoms with Crippen molar-refractivity contribution in [2.24, 2.45) is 0 Å². The number of aliphatic hydroxyl groups excluding tert-OH is 1. The van der Waals surface area contributed by atoms with Crippen LogP contribution >= 0.6 is 0 Å². The van der Waals surface area contributed by atoms with Crippen molar-refractivity contribution in [1.82, 2.24) is 4.98 Å². The van der Waals surface area contributed by atoms with Crippen LogP contribution in [0.1, 0.15) is 37.4 Å². The van der Waals surface area contributed by atoms with E-state index in [-0.39, 0.29) is 0 Å². The molecule has 1 aromatic carbocycles. The van der Waals surface area contributed by atoms with Crippen molar-refractivity contribution in [1.29, 1.82) is 0 Å². The highest BCUT2D eigenvalue weighted by Crippen LogP contribution is 2.41. The molecule has 0 saturated heterocycles. The molecular weight excluding hydrogens is 226 g/mol. The lowest BCUT2D eigenvalue weighted by Gasteiger charge is -2.29. The molecule has 3 nitrogen and oxygen atoms in total. The maximum Gasteiger partial charge on any atom is 0.108 e. The number of aliphatic hydroxyl groups is 2. The molecule has 1 saturated carbocycles. The molecule has 1 unspecified atom stereocenters. The van der Waals surface area contributed by atoms with Gasteiger partial charge in [0.15, 0.2) is 0 Å². The van der Waals surface area contributed by atoms with Crippen LogP contribution in [0.25, 0.3) is 10.8 Å². The Bertz CT molecular complexity index is 556. The van der Waals surface area contributed by atoms with E-state index in [9.17, 15) is 10.2 Å². The summed E-state index contributed by atoms with van der Waals surface area (Å²) in [4.78, 5) is 4.11. The molecule has 3 heteroatoms. The number of benzene rings is 1. The van der Waals surface area contributed by atoms with Crippen molar-refractivity contribution in [2.75, 3.05) is 0 Å². The third kappa shape index (κ3) is 1.80. The predicted octanol–water partition coefficient (Wildman–Crippen LogP) is 2.57. The van der Waals surface area contributed by atoms with Gasteiger partial charge in [0.25, 0.3) is 0 Å². The first-order chi connectivity index (χ1) is 8.71. The summed E-state index contributed by atoms with van der Waals surface area (Å²) in [6.07, 6.45) is 5.98. The third-order valence-corrected chi connectivity index (χ3v) is 3.99. The van der Waals surface area contributed by atoms with Crippen LogP contribution in [-0.2, 0) is 0 Å². The first-order valence-corrected chi connectivity index (χ1v) is 6.44. The van der Waals surface area contributed by atoms with Gasteiger partial charge in [-0.3, -0.25) is 4.98 Å². The summed E-state index contributed by atoms with van der Waals surface area (Å²) in [6, 6.07) is 7.71. The Kier molecular flexibility index (Phi) is 2.80. The molecule has 3 rings (SSSR count). The average Bonchev–Trinajstić information content (AvgIpc) is 2.85. The van der Waals surface area contributed by atoms with E-state index in [0.29, 0.717) is 12.8 Å². The highest BCUT2D eigenvalue weighted by atomic mass is 16.3. The summed E-state index contributed by atoms with van der Waals surface area (Å²) in [7, 11) is 0. The Balaban J connectivity index is 2.08. The van der Waals surface area contributed by atoms with E-state index < -0.39 is 11.7 Å². The second-order valence-corrected chi connectivity index (χ2v) is 5.16. The smallest absolute Gasteiger partial charge is 0.108 e. The van der Waals surface area contributed by atoms with Crippen molar-refractivity contribution in [3.63, 3.8) is 0 Å². The zero-order valence-corrected chi connectivity index (χ0v) is 10.2. The van der Waals surface area contributed by atoms with Gasteiger partial charge in [-0.2, -0.15) is 0 Å². The van der Waals surface area contributed by atoms with Crippen LogP contribution in [0.2, 0.25) is 0 Å². The van der Waals surface area contributed by atoms with E-state index in [0.717, 1.165) is 29.2 Å². The number of pyridine rings is 1. The van der Waals surface area contributed by atoms with Crippen LogP contribution in [0.15, 0.2) is 36.7 Å². The summed E-state index contributed by atoms with van der Waals surface area (Å²) in [5, 5.41) is 23.0. The topological polar surface area (TPSA) is 53.4 Å². The monoisotopic (exact) mass is 243 g/mol. The lowest BCUT2D eigenvalue weighted by atomic mass is 9.87. The van der Waals surface area contributed by atoms with Crippen molar-refractivity contribution in [2.45, 2.75) is 37.4 Å². The molecule has 1 aliphatic rings. The summed E-state index contributed by atoms with van der Waals surface area (Å²) < 4.78 is 0. The second-order valence-electron chi connectivity index (χ2n) is 5.16. The fraction of sp³-hybridized carbons (Fsp3) is 0.400. The summed E-state index contributed by atoms with van der Waals surface area (Å²) in [5.74, 6) is 0. The molecule has 2 aromatic rings. The van der Waals surface area contributed by atoms with E-state index in [2.05, 4.69) is 4.98 Å². The van der Waals surface area contributed by atoms with Crippen LogP contribution in [0, 0.1) is 0 Å². The minimum absolute atomic E-state index is 0.671. The molecule has 0 amide bonds. The standard InChI is InChI=1S/C15H17NO2/c17-14(15(18)7-1-2-8-15)12-5-3-4-11-6-9-16-10-13(11)12/h3-6,9-10,14,17-18H,1-2,7-8H2. The van der Waals surface area contributed by atoms with Crippen LogP contribution in [0.5, 0.6) is 0 Å². The van der Waals surface area contributed by atoms with Gasteiger partial charge in [0.2, 0.25) is 0 Å². The molecule has 1 heterocycles.